The number of benzene rings is 3. The summed E-state index contributed by atoms with van der Waals surface area (Å²) in [6.07, 6.45) is 3.50. The molecule has 0 radical (unpaired) electrons. The van der Waals surface area contributed by atoms with Gasteiger partial charge in [-0.2, -0.15) is 0 Å². The molecule has 5 rings (SSSR count). The van der Waals surface area contributed by atoms with Crippen molar-refractivity contribution in [2.45, 2.75) is 32.4 Å². The minimum Gasteiger partial charge on any atom is -0.492 e. The van der Waals surface area contributed by atoms with Crippen LogP contribution in [-0.2, 0) is 10.0 Å². The van der Waals surface area contributed by atoms with Crippen LogP contribution in [0, 0.1) is 0 Å². The van der Waals surface area contributed by atoms with Gasteiger partial charge in [0.05, 0.1) is 17.6 Å². The van der Waals surface area contributed by atoms with Crippen molar-refractivity contribution >= 4 is 38.3 Å². The number of piperazine rings is 1. The van der Waals surface area contributed by atoms with Gasteiger partial charge >= 0.3 is 0 Å². The number of ether oxygens (including phenoxy) is 1. The summed E-state index contributed by atoms with van der Waals surface area (Å²) in [5.41, 5.74) is 3.73. The van der Waals surface area contributed by atoms with E-state index in [1.165, 1.54) is 20.8 Å². The summed E-state index contributed by atoms with van der Waals surface area (Å²) >= 11 is 0. The van der Waals surface area contributed by atoms with Crippen LogP contribution in [0.25, 0.3) is 21.9 Å². The Kier molecular flexibility index (Phi) is 8.41. The van der Waals surface area contributed by atoms with Gasteiger partial charge in [0, 0.05) is 54.8 Å². The van der Waals surface area contributed by atoms with Crippen LogP contribution < -0.4 is 14.4 Å². The third-order valence-electron chi connectivity index (χ3n) is 7.58. The average Bonchev–Trinajstić information content (AvgIpc) is 3.00. The van der Waals surface area contributed by atoms with E-state index in [4.69, 9.17) is 4.74 Å². The van der Waals surface area contributed by atoms with E-state index in [0.717, 1.165) is 27.6 Å². The molecule has 43 heavy (non-hydrogen) atoms. The van der Waals surface area contributed by atoms with E-state index in [0.29, 0.717) is 44.1 Å². The lowest BCUT2D eigenvalue weighted by atomic mass is 9.95. The number of nitrogens with one attached hydrogen (secondary N) is 1. The fourth-order valence-corrected chi connectivity index (χ4v) is 5.71. The highest BCUT2D eigenvalue weighted by molar-refractivity contribution is 7.91. The van der Waals surface area contributed by atoms with Crippen LogP contribution in [0.3, 0.4) is 0 Å². The zero-order valence-corrected chi connectivity index (χ0v) is 25.6. The van der Waals surface area contributed by atoms with Gasteiger partial charge in [0.2, 0.25) is 10.0 Å². The Labute approximate surface area is 252 Å². The van der Waals surface area contributed by atoms with E-state index in [1.807, 2.05) is 54.3 Å². The topological polar surface area (TPSA) is 109 Å². The fraction of sp³-hybridized carbons (Fsp3) is 0.303. The highest BCUT2D eigenvalue weighted by atomic mass is 32.2. The average molecular weight is 601 g/mol. The number of rotatable bonds is 7. The fourth-order valence-electron chi connectivity index (χ4n) is 5.04. The van der Waals surface area contributed by atoms with E-state index in [1.54, 1.807) is 36.7 Å². The molecule has 1 N–H and O–H groups in total. The van der Waals surface area contributed by atoms with E-state index in [2.05, 4.69) is 14.6 Å². The van der Waals surface area contributed by atoms with Gasteiger partial charge in [0.25, 0.3) is 11.8 Å². The monoisotopic (exact) mass is 600 g/mol. The van der Waals surface area contributed by atoms with Crippen molar-refractivity contribution in [2.75, 3.05) is 37.7 Å². The Morgan fingerprint density at radius 1 is 0.907 bits per heavy atom. The predicted octanol–water partition coefficient (Wildman–Crippen LogP) is 5.12. The predicted molar refractivity (Wildman–Crippen MR) is 169 cm³/mol. The molecule has 0 aliphatic carbocycles. The Hall–Kier alpha value is -4.44. The van der Waals surface area contributed by atoms with Gasteiger partial charge in [0.1, 0.15) is 5.75 Å². The summed E-state index contributed by atoms with van der Waals surface area (Å²) < 4.78 is 31.4. The Balaban J connectivity index is 1.28. The second-order valence-electron chi connectivity index (χ2n) is 11.4. The number of carbonyl (C=O) groups excluding carboxylic acids is 2. The van der Waals surface area contributed by atoms with Crippen molar-refractivity contribution in [3.63, 3.8) is 0 Å². The Bertz CT molecular complexity index is 1760. The van der Waals surface area contributed by atoms with Crippen molar-refractivity contribution in [3.8, 4) is 16.9 Å². The van der Waals surface area contributed by atoms with Crippen LogP contribution in [0.15, 0.2) is 79.1 Å². The molecule has 224 valence electrons. The van der Waals surface area contributed by atoms with Crippen molar-refractivity contribution in [3.05, 3.63) is 90.3 Å². The van der Waals surface area contributed by atoms with Crippen molar-refractivity contribution < 1.29 is 22.7 Å². The highest BCUT2D eigenvalue weighted by Gasteiger charge is 2.31. The number of hydrogen-bond donors (Lipinski definition) is 1. The first kappa shape index (κ1) is 30.0. The molecule has 9 nitrogen and oxygen atoms in total. The number of amides is 2. The first-order chi connectivity index (χ1) is 20.5. The zero-order chi connectivity index (χ0) is 30.8. The molecule has 1 aliphatic rings. The second kappa shape index (κ2) is 12.0. The summed E-state index contributed by atoms with van der Waals surface area (Å²) in [5, 5.41) is 1.86. The first-order valence-corrected chi connectivity index (χ1v) is 15.8. The van der Waals surface area contributed by atoms with E-state index in [9.17, 15) is 18.0 Å². The minimum atomic E-state index is -3.80. The van der Waals surface area contributed by atoms with Crippen LogP contribution in [0.4, 0.5) is 5.69 Å². The van der Waals surface area contributed by atoms with Crippen LogP contribution in [-0.4, -0.2) is 67.6 Å². The molecular weight excluding hydrogens is 564 g/mol. The molecule has 4 aromatic rings. The summed E-state index contributed by atoms with van der Waals surface area (Å²) in [4.78, 5) is 34.6. The minimum absolute atomic E-state index is 0.0179. The smallest absolute Gasteiger partial charge is 0.264 e. The molecule has 1 aromatic heterocycles. The van der Waals surface area contributed by atoms with E-state index in [-0.39, 0.29) is 11.5 Å². The number of anilines is 1. The van der Waals surface area contributed by atoms with Crippen LogP contribution in [0.1, 0.15) is 48.4 Å². The molecule has 1 aliphatic heterocycles. The maximum Gasteiger partial charge on any atom is 0.264 e. The summed E-state index contributed by atoms with van der Waals surface area (Å²) in [5.74, 6) is 0.0255. The second-order valence-corrected chi connectivity index (χ2v) is 13.9. The summed E-state index contributed by atoms with van der Waals surface area (Å²) in [6.45, 7) is 9.44. The summed E-state index contributed by atoms with van der Waals surface area (Å²) in [6, 6.07) is 20.6. The third-order valence-corrected chi connectivity index (χ3v) is 9.65. The molecule has 0 bridgehead atoms. The summed E-state index contributed by atoms with van der Waals surface area (Å²) in [7, 11) is -3.80. The lowest BCUT2D eigenvalue weighted by molar-refractivity contribution is 0.0748. The number of carbonyl (C=O) groups is 2. The molecule has 10 heteroatoms. The molecule has 1 saturated heterocycles. The molecule has 0 saturated carbocycles. The molecule has 1 fully saturated rings. The Morgan fingerprint density at radius 3 is 2.23 bits per heavy atom. The largest absolute Gasteiger partial charge is 0.492 e. The van der Waals surface area contributed by atoms with Crippen LogP contribution in [0.5, 0.6) is 5.75 Å². The maximum atomic E-state index is 13.7. The molecule has 2 amide bonds. The molecule has 0 atom stereocenters. The number of pyridine rings is 1. The number of nitrogens with zero attached hydrogens (tertiary/aromatic N) is 3. The SMILES string of the molecule is CCOc1cncc(-c2ccc(C(=O)N3CCN(c4ccc(C(=O)NS(=O)(=O)C(C)(C)C)cc4)CC3)c3ccccc23)c1. The van der Waals surface area contributed by atoms with Crippen molar-refractivity contribution in [1.82, 2.24) is 14.6 Å². The van der Waals surface area contributed by atoms with Crippen LogP contribution >= 0.6 is 0 Å². The number of sulfonamides is 1. The van der Waals surface area contributed by atoms with E-state index >= 15 is 0 Å². The van der Waals surface area contributed by atoms with Crippen LogP contribution in [0.2, 0.25) is 0 Å². The first-order valence-electron chi connectivity index (χ1n) is 14.3. The number of aromatic nitrogens is 1. The highest BCUT2D eigenvalue weighted by Crippen LogP contribution is 2.33. The molecular formula is C33H36N4O5S. The molecule has 2 heterocycles. The zero-order valence-electron chi connectivity index (χ0n) is 24.8. The van der Waals surface area contributed by atoms with Gasteiger partial charge in [-0.15, -0.1) is 0 Å². The third kappa shape index (κ3) is 6.34. The normalized spacial score (nSPS) is 14.0. The number of hydrogen-bond acceptors (Lipinski definition) is 7. The van der Waals surface area contributed by atoms with Gasteiger partial charge < -0.3 is 14.5 Å². The van der Waals surface area contributed by atoms with Crippen molar-refractivity contribution in [2.24, 2.45) is 0 Å². The van der Waals surface area contributed by atoms with Gasteiger partial charge in [-0.1, -0.05) is 30.3 Å². The molecule has 3 aromatic carbocycles. The Morgan fingerprint density at radius 2 is 1.58 bits per heavy atom. The van der Waals surface area contributed by atoms with Gasteiger partial charge in [-0.25, -0.2) is 13.1 Å². The standard InChI is InChI=1S/C33H36N4O5S/c1-5-42-26-20-24(21-34-22-26)27-14-15-30(29-9-7-6-8-28(27)29)32(39)37-18-16-36(17-19-37)25-12-10-23(11-13-25)31(38)35-43(40,41)33(2,3)4/h6-15,20-22H,5,16-19H2,1-4H3,(H,35,38). The van der Waals surface area contributed by atoms with Gasteiger partial charge in [-0.05, 0) is 80.4 Å². The van der Waals surface area contributed by atoms with Gasteiger partial charge in [0.15, 0.2) is 0 Å². The molecule has 0 spiro atoms. The number of fused-ring (bicyclic) bond motifs is 1. The lowest BCUT2D eigenvalue weighted by Gasteiger charge is -2.36. The van der Waals surface area contributed by atoms with E-state index < -0.39 is 20.7 Å². The maximum absolute atomic E-state index is 13.7. The van der Waals surface area contributed by atoms with Gasteiger partial charge in [-0.3, -0.25) is 14.6 Å². The lowest BCUT2D eigenvalue weighted by Crippen LogP contribution is -2.48. The quantitative estimate of drug-likeness (QED) is 0.314. The molecule has 0 unspecified atom stereocenters. The van der Waals surface area contributed by atoms with Crippen molar-refractivity contribution in [1.29, 1.82) is 0 Å².